The topological polar surface area (TPSA) is 82.5 Å². The van der Waals surface area contributed by atoms with Crippen molar-refractivity contribution in [2.45, 2.75) is 45.2 Å². The summed E-state index contributed by atoms with van der Waals surface area (Å²) >= 11 is 0. The van der Waals surface area contributed by atoms with Gasteiger partial charge in [0.15, 0.2) is 0 Å². The van der Waals surface area contributed by atoms with Crippen molar-refractivity contribution in [3.63, 3.8) is 0 Å². The normalized spacial score (nSPS) is 18.9. The highest BCUT2D eigenvalue weighted by Gasteiger charge is 2.21. The molecule has 0 spiro atoms. The summed E-state index contributed by atoms with van der Waals surface area (Å²) in [5.74, 6) is -0.994. The number of hydrogen-bond donors (Lipinski definition) is 2. The van der Waals surface area contributed by atoms with Crippen LogP contribution in [0.25, 0.3) is 0 Å². The van der Waals surface area contributed by atoms with Gasteiger partial charge in [0, 0.05) is 18.8 Å². The van der Waals surface area contributed by atoms with Crippen molar-refractivity contribution in [1.82, 2.24) is 15.2 Å². The fourth-order valence-corrected chi connectivity index (χ4v) is 2.55. The Bertz CT molecular complexity index is 519. The Morgan fingerprint density at radius 2 is 2.24 bits per heavy atom. The summed E-state index contributed by atoms with van der Waals surface area (Å²) in [7, 11) is 0. The molecule has 114 valence electrons. The summed E-state index contributed by atoms with van der Waals surface area (Å²) in [6.45, 7) is 3.08. The number of nitrogens with one attached hydrogen (secondary N) is 1. The molecule has 21 heavy (non-hydrogen) atoms. The van der Waals surface area contributed by atoms with Crippen molar-refractivity contribution < 1.29 is 14.7 Å². The molecule has 1 aromatic rings. The number of rotatable bonds is 3. The van der Waals surface area contributed by atoms with Gasteiger partial charge in [-0.15, -0.1) is 0 Å². The Kier molecular flexibility index (Phi) is 5.14. The minimum atomic E-state index is -0.994. The van der Waals surface area contributed by atoms with Crippen LogP contribution in [0.1, 0.15) is 48.7 Å². The van der Waals surface area contributed by atoms with Crippen molar-refractivity contribution in [3.8, 4) is 0 Å². The van der Waals surface area contributed by atoms with E-state index < -0.39 is 5.97 Å². The smallest absolute Gasteiger partial charge is 0.335 e. The van der Waals surface area contributed by atoms with Gasteiger partial charge in [-0.25, -0.2) is 9.59 Å². The van der Waals surface area contributed by atoms with Gasteiger partial charge in [-0.05, 0) is 31.9 Å². The summed E-state index contributed by atoms with van der Waals surface area (Å²) in [6, 6.07) is 3.05. The molecule has 0 aliphatic carbocycles. The Hall–Kier alpha value is -2.11. The number of carboxylic acid groups (broad SMARTS) is 1. The number of urea groups is 1. The van der Waals surface area contributed by atoms with Crippen LogP contribution in [0.2, 0.25) is 0 Å². The molecular formula is C15H21N3O3. The lowest BCUT2D eigenvalue weighted by molar-refractivity contribution is 0.0696. The average molecular weight is 291 g/mol. The van der Waals surface area contributed by atoms with Gasteiger partial charge >= 0.3 is 12.0 Å². The summed E-state index contributed by atoms with van der Waals surface area (Å²) in [6.07, 6.45) is 5.83. The van der Waals surface area contributed by atoms with Gasteiger partial charge < -0.3 is 15.3 Å². The summed E-state index contributed by atoms with van der Waals surface area (Å²) in [4.78, 5) is 29.1. The fraction of sp³-hybridized carbons (Fsp3) is 0.533. The third-order valence-electron chi connectivity index (χ3n) is 3.80. The molecule has 6 heteroatoms. The van der Waals surface area contributed by atoms with E-state index in [4.69, 9.17) is 5.11 Å². The maximum atomic E-state index is 12.2. The number of aromatic carboxylic acids is 1. The molecule has 1 aromatic heterocycles. The van der Waals surface area contributed by atoms with E-state index in [0.29, 0.717) is 5.69 Å². The predicted molar refractivity (Wildman–Crippen MR) is 78.1 cm³/mol. The highest BCUT2D eigenvalue weighted by Crippen LogP contribution is 2.16. The fourth-order valence-electron chi connectivity index (χ4n) is 2.55. The van der Waals surface area contributed by atoms with E-state index in [-0.39, 0.29) is 24.2 Å². The van der Waals surface area contributed by atoms with E-state index in [0.717, 1.165) is 32.2 Å². The van der Waals surface area contributed by atoms with Crippen LogP contribution in [0.3, 0.4) is 0 Å². The second kappa shape index (κ2) is 7.06. The zero-order chi connectivity index (χ0) is 15.2. The van der Waals surface area contributed by atoms with Crippen LogP contribution in [0.5, 0.6) is 0 Å². The lowest BCUT2D eigenvalue weighted by atomic mass is 10.1. The molecule has 2 N–H and O–H groups in total. The van der Waals surface area contributed by atoms with Gasteiger partial charge in [-0.1, -0.05) is 12.8 Å². The number of carboxylic acids is 1. The number of carbonyl (C=O) groups is 2. The monoisotopic (exact) mass is 291 g/mol. The van der Waals surface area contributed by atoms with Crippen molar-refractivity contribution in [1.29, 1.82) is 0 Å². The lowest BCUT2D eigenvalue weighted by Gasteiger charge is -2.27. The molecule has 2 heterocycles. The first-order valence-corrected chi connectivity index (χ1v) is 7.30. The molecule has 1 atom stereocenters. The molecule has 0 radical (unpaired) electrons. The molecule has 0 aromatic carbocycles. The third kappa shape index (κ3) is 4.18. The molecule has 1 aliphatic heterocycles. The van der Waals surface area contributed by atoms with Gasteiger partial charge in [0.05, 0.1) is 17.8 Å². The van der Waals surface area contributed by atoms with E-state index in [9.17, 15) is 9.59 Å². The zero-order valence-electron chi connectivity index (χ0n) is 12.2. The molecule has 1 saturated heterocycles. The number of amides is 2. The van der Waals surface area contributed by atoms with Crippen molar-refractivity contribution in [3.05, 3.63) is 29.6 Å². The average Bonchev–Trinajstić information content (AvgIpc) is 2.69. The van der Waals surface area contributed by atoms with Crippen LogP contribution in [-0.2, 0) is 6.54 Å². The number of nitrogens with zero attached hydrogens (tertiary/aromatic N) is 2. The Morgan fingerprint density at radius 1 is 1.43 bits per heavy atom. The van der Waals surface area contributed by atoms with E-state index in [1.807, 2.05) is 4.90 Å². The Morgan fingerprint density at radius 3 is 3.00 bits per heavy atom. The Balaban J connectivity index is 1.94. The van der Waals surface area contributed by atoms with Gasteiger partial charge in [0.25, 0.3) is 0 Å². The standard InChI is InChI=1S/C15H21N3O3/c1-11-5-3-2-4-8-18(11)15(21)17-10-13-9-12(14(19)20)6-7-16-13/h6-7,9,11H,2-5,8,10H2,1H3,(H,17,21)(H,19,20). The molecule has 6 nitrogen and oxygen atoms in total. The minimum Gasteiger partial charge on any atom is -0.478 e. The molecule has 2 rings (SSSR count). The van der Waals surface area contributed by atoms with E-state index in [1.165, 1.54) is 18.3 Å². The summed E-state index contributed by atoms with van der Waals surface area (Å²) in [5.41, 5.74) is 0.725. The summed E-state index contributed by atoms with van der Waals surface area (Å²) in [5, 5.41) is 11.8. The van der Waals surface area contributed by atoms with Crippen LogP contribution >= 0.6 is 0 Å². The number of carbonyl (C=O) groups excluding carboxylic acids is 1. The van der Waals surface area contributed by atoms with Crippen LogP contribution in [-0.4, -0.2) is 39.6 Å². The number of likely N-dealkylation sites (tertiary alicyclic amines) is 1. The van der Waals surface area contributed by atoms with Crippen molar-refractivity contribution >= 4 is 12.0 Å². The molecule has 1 unspecified atom stereocenters. The van der Waals surface area contributed by atoms with Gasteiger partial charge in [0.1, 0.15) is 0 Å². The first kappa shape index (κ1) is 15.3. The van der Waals surface area contributed by atoms with Crippen LogP contribution in [0.15, 0.2) is 18.3 Å². The van der Waals surface area contributed by atoms with Gasteiger partial charge in [0.2, 0.25) is 0 Å². The van der Waals surface area contributed by atoms with E-state index in [2.05, 4.69) is 17.2 Å². The van der Waals surface area contributed by atoms with Gasteiger partial charge in [-0.2, -0.15) is 0 Å². The van der Waals surface area contributed by atoms with Crippen molar-refractivity contribution in [2.75, 3.05) is 6.54 Å². The molecule has 2 amide bonds. The zero-order valence-corrected chi connectivity index (χ0v) is 12.2. The molecular weight excluding hydrogens is 270 g/mol. The van der Waals surface area contributed by atoms with Crippen LogP contribution in [0.4, 0.5) is 4.79 Å². The number of aromatic nitrogens is 1. The van der Waals surface area contributed by atoms with E-state index in [1.54, 1.807) is 0 Å². The highest BCUT2D eigenvalue weighted by atomic mass is 16.4. The predicted octanol–water partition coefficient (Wildman–Crippen LogP) is 2.25. The second-order valence-corrected chi connectivity index (χ2v) is 5.39. The molecule has 1 aliphatic rings. The largest absolute Gasteiger partial charge is 0.478 e. The van der Waals surface area contributed by atoms with Crippen LogP contribution < -0.4 is 5.32 Å². The Labute approximate surface area is 124 Å². The molecule has 1 fully saturated rings. The first-order chi connectivity index (χ1) is 10.1. The van der Waals surface area contributed by atoms with Crippen molar-refractivity contribution in [2.24, 2.45) is 0 Å². The highest BCUT2D eigenvalue weighted by molar-refractivity contribution is 5.87. The second-order valence-electron chi connectivity index (χ2n) is 5.39. The minimum absolute atomic E-state index is 0.105. The quantitative estimate of drug-likeness (QED) is 0.894. The molecule has 0 saturated carbocycles. The first-order valence-electron chi connectivity index (χ1n) is 7.30. The lowest BCUT2D eigenvalue weighted by Crippen LogP contribution is -2.44. The van der Waals surface area contributed by atoms with Crippen LogP contribution in [0, 0.1) is 0 Å². The van der Waals surface area contributed by atoms with E-state index >= 15 is 0 Å². The molecule has 0 bridgehead atoms. The number of hydrogen-bond acceptors (Lipinski definition) is 3. The maximum Gasteiger partial charge on any atom is 0.335 e. The summed E-state index contributed by atoms with van der Waals surface area (Å²) < 4.78 is 0. The van der Waals surface area contributed by atoms with Gasteiger partial charge in [-0.3, -0.25) is 4.98 Å². The third-order valence-corrected chi connectivity index (χ3v) is 3.80. The maximum absolute atomic E-state index is 12.2. The number of pyridine rings is 1. The SMILES string of the molecule is CC1CCCCCN1C(=O)NCc1cc(C(=O)O)ccn1.